The van der Waals surface area contributed by atoms with Crippen molar-refractivity contribution >= 4 is 51.7 Å². The average molecular weight is 546 g/mol. The van der Waals surface area contributed by atoms with Crippen LogP contribution in [0, 0.1) is 0 Å². The van der Waals surface area contributed by atoms with Crippen LogP contribution in [0.5, 0.6) is 0 Å². The van der Waals surface area contributed by atoms with Crippen molar-refractivity contribution in [2.45, 2.75) is 25.4 Å². The highest BCUT2D eigenvalue weighted by molar-refractivity contribution is 8.26. The quantitative estimate of drug-likeness (QED) is 0.182. The first-order chi connectivity index (χ1) is 19.1. The maximum atomic E-state index is 13.3. The number of hydrogen-bond donors (Lipinski definition) is 0. The summed E-state index contributed by atoms with van der Waals surface area (Å²) in [7, 11) is 0. The summed E-state index contributed by atoms with van der Waals surface area (Å²) in [5, 5.41) is 7.17. The van der Waals surface area contributed by atoms with Crippen molar-refractivity contribution in [3.8, 4) is 0 Å². The summed E-state index contributed by atoms with van der Waals surface area (Å²) in [5.74, 6) is -0.0498. The zero-order chi connectivity index (χ0) is 26.8. The van der Waals surface area contributed by atoms with Gasteiger partial charge in [0.05, 0.1) is 28.4 Å². The molecule has 0 unspecified atom stereocenters. The van der Waals surface area contributed by atoms with Gasteiger partial charge in [0.1, 0.15) is 4.32 Å². The van der Waals surface area contributed by atoms with E-state index < -0.39 is 0 Å². The monoisotopic (exact) mass is 545 g/mol. The fourth-order valence-corrected chi connectivity index (χ4v) is 6.48. The molecule has 1 fully saturated rings. The fourth-order valence-electron chi connectivity index (χ4n) is 5.06. The highest BCUT2D eigenvalue weighted by Crippen LogP contribution is 2.39. The van der Waals surface area contributed by atoms with Gasteiger partial charge in [-0.1, -0.05) is 127 Å². The van der Waals surface area contributed by atoms with Crippen LogP contribution in [0.25, 0.3) is 6.08 Å². The van der Waals surface area contributed by atoms with Gasteiger partial charge >= 0.3 is 0 Å². The molecule has 1 saturated heterocycles. The number of anilines is 1. The minimum absolute atomic E-state index is 0.0498. The number of thioether (sulfide) groups is 1. The molecule has 2 aliphatic heterocycles. The lowest BCUT2D eigenvalue weighted by atomic mass is 9.98. The van der Waals surface area contributed by atoms with Gasteiger partial charge in [0.25, 0.3) is 5.91 Å². The molecule has 2 atom stereocenters. The van der Waals surface area contributed by atoms with Crippen molar-refractivity contribution in [3.63, 3.8) is 0 Å². The van der Waals surface area contributed by atoms with E-state index >= 15 is 0 Å². The van der Waals surface area contributed by atoms with Crippen LogP contribution in [0.4, 0.5) is 5.69 Å². The number of carbonyl (C=O) groups is 1. The summed E-state index contributed by atoms with van der Waals surface area (Å²) in [6.45, 7) is 2.02. The molecule has 6 heteroatoms. The molecule has 0 spiro atoms. The molecule has 0 bridgehead atoms. The Labute approximate surface area is 238 Å². The summed E-state index contributed by atoms with van der Waals surface area (Å²) in [6, 6.07) is 39.1. The molecule has 0 radical (unpaired) electrons. The number of hydrazone groups is 1. The molecule has 6 rings (SSSR count). The predicted octanol–water partition coefficient (Wildman–Crippen LogP) is 8.00. The topological polar surface area (TPSA) is 35.9 Å². The van der Waals surface area contributed by atoms with E-state index in [2.05, 4.69) is 65.7 Å². The molecule has 4 aromatic carbocycles. The van der Waals surface area contributed by atoms with E-state index in [9.17, 15) is 4.79 Å². The first-order valence-corrected chi connectivity index (χ1v) is 14.2. The number of rotatable bonds is 6. The Balaban J connectivity index is 1.25. The lowest BCUT2D eigenvalue weighted by Crippen LogP contribution is -2.30. The normalized spacial score (nSPS) is 19.1. The summed E-state index contributed by atoms with van der Waals surface area (Å²) in [5.41, 5.74) is 6.47. The lowest BCUT2D eigenvalue weighted by Gasteiger charge is -2.24. The molecule has 0 saturated carbocycles. The fraction of sp³-hybridized carbons (Fsp3) is 0.121. The second-order valence-corrected chi connectivity index (χ2v) is 11.3. The Morgan fingerprint density at radius 2 is 1.49 bits per heavy atom. The summed E-state index contributed by atoms with van der Waals surface area (Å²) in [4.78, 5) is 15.7. The summed E-state index contributed by atoms with van der Waals surface area (Å²) in [6.07, 6.45) is 2.76. The average Bonchev–Trinajstić information content (AvgIpc) is 3.55. The smallest absolute Gasteiger partial charge is 0.266 e. The van der Waals surface area contributed by atoms with E-state index in [1.54, 1.807) is 4.90 Å². The Hall–Kier alpha value is -4.00. The third-order valence-electron chi connectivity index (χ3n) is 7.15. The van der Waals surface area contributed by atoms with Crippen molar-refractivity contribution in [2.24, 2.45) is 5.10 Å². The van der Waals surface area contributed by atoms with E-state index in [1.807, 2.05) is 67.6 Å². The van der Waals surface area contributed by atoms with Crippen molar-refractivity contribution in [1.82, 2.24) is 4.90 Å². The molecule has 0 N–H and O–H groups in total. The van der Waals surface area contributed by atoms with Gasteiger partial charge in [-0.15, -0.1) is 0 Å². The van der Waals surface area contributed by atoms with Gasteiger partial charge < -0.3 is 0 Å². The second kappa shape index (κ2) is 11.0. The molecule has 4 nitrogen and oxygen atoms in total. The Morgan fingerprint density at radius 3 is 2.15 bits per heavy atom. The van der Waals surface area contributed by atoms with Crippen molar-refractivity contribution in [2.75, 3.05) is 5.01 Å². The Morgan fingerprint density at radius 1 is 0.872 bits per heavy atom. The zero-order valence-corrected chi connectivity index (χ0v) is 23.1. The molecule has 0 aromatic heterocycles. The molecular formula is C33H27N3OS2. The van der Waals surface area contributed by atoms with E-state index in [0.29, 0.717) is 9.23 Å². The Bertz CT molecular complexity index is 1550. The third kappa shape index (κ3) is 5.18. The predicted molar refractivity (Wildman–Crippen MR) is 166 cm³/mol. The highest BCUT2D eigenvalue weighted by atomic mass is 32.2. The maximum Gasteiger partial charge on any atom is 0.266 e. The Kier molecular flexibility index (Phi) is 7.14. The number of benzene rings is 4. The lowest BCUT2D eigenvalue weighted by molar-refractivity contribution is -0.123. The van der Waals surface area contributed by atoms with E-state index in [0.717, 1.165) is 34.5 Å². The van der Waals surface area contributed by atoms with Gasteiger partial charge in [-0.25, -0.2) is 0 Å². The highest BCUT2D eigenvalue weighted by Gasteiger charge is 2.36. The van der Waals surface area contributed by atoms with Crippen LogP contribution in [0.15, 0.2) is 125 Å². The number of thiocarbonyl (C=S) groups is 1. The van der Waals surface area contributed by atoms with Crippen molar-refractivity contribution in [3.05, 3.63) is 142 Å². The zero-order valence-electron chi connectivity index (χ0n) is 21.5. The second-order valence-electron chi connectivity index (χ2n) is 9.62. The SMILES string of the molecule is C[C@H](c1ccccc1)N1C(=O)/C(=C\c2ccc(N3N=C(c4ccccc4)C[C@H]3c3ccccc3)cc2)SC1=S. The van der Waals surface area contributed by atoms with E-state index in [-0.39, 0.29) is 18.0 Å². The maximum absolute atomic E-state index is 13.3. The number of amides is 1. The van der Waals surface area contributed by atoms with Crippen LogP contribution in [0.2, 0.25) is 0 Å². The third-order valence-corrected chi connectivity index (χ3v) is 8.48. The number of nitrogens with zero attached hydrogens (tertiary/aromatic N) is 3. The van der Waals surface area contributed by atoms with Crippen LogP contribution >= 0.6 is 24.0 Å². The van der Waals surface area contributed by atoms with E-state index in [4.69, 9.17) is 17.3 Å². The molecule has 2 aliphatic rings. The largest absolute Gasteiger partial charge is 0.286 e. The minimum Gasteiger partial charge on any atom is -0.286 e. The van der Waals surface area contributed by atoms with Gasteiger partial charge in [-0.05, 0) is 47.4 Å². The molecule has 0 aliphatic carbocycles. The molecule has 2 heterocycles. The van der Waals surface area contributed by atoms with Gasteiger partial charge in [0.2, 0.25) is 0 Å². The first-order valence-electron chi connectivity index (χ1n) is 13.0. The van der Waals surface area contributed by atoms with Crippen LogP contribution in [-0.4, -0.2) is 20.8 Å². The molecule has 4 aromatic rings. The number of hydrogen-bond acceptors (Lipinski definition) is 5. The molecule has 1 amide bonds. The van der Waals surface area contributed by atoms with Gasteiger partial charge in [0.15, 0.2) is 0 Å². The van der Waals surface area contributed by atoms with Crippen LogP contribution in [0.3, 0.4) is 0 Å². The molecule has 192 valence electrons. The molecular weight excluding hydrogens is 519 g/mol. The van der Waals surface area contributed by atoms with Crippen LogP contribution < -0.4 is 5.01 Å². The summed E-state index contributed by atoms with van der Waals surface area (Å²) < 4.78 is 0.588. The van der Waals surface area contributed by atoms with Gasteiger partial charge in [-0.2, -0.15) is 5.10 Å². The van der Waals surface area contributed by atoms with E-state index in [1.165, 1.54) is 17.3 Å². The van der Waals surface area contributed by atoms with Crippen molar-refractivity contribution < 1.29 is 4.79 Å². The van der Waals surface area contributed by atoms with Crippen LogP contribution in [-0.2, 0) is 4.79 Å². The number of carbonyl (C=O) groups excluding carboxylic acids is 1. The molecule has 39 heavy (non-hydrogen) atoms. The van der Waals surface area contributed by atoms with Gasteiger partial charge in [-0.3, -0.25) is 14.7 Å². The van der Waals surface area contributed by atoms with Gasteiger partial charge in [0, 0.05) is 6.42 Å². The summed E-state index contributed by atoms with van der Waals surface area (Å²) >= 11 is 6.96. The standard InChI is InChI=1S/C33H27N3OS2/c1-23(25-11-5-2-6-12-25)35-32(37)31(39-33(35)38)21-24-17-19-28(20-18-24)36-30(27-15-9-4-10-16-27)22-29(34-36)26-13-7-3-8-14-26/h2-21,23,30H,22H2,1H3/b31-21+/t23-,30+/m1/s1. The minimum atomic E-state index is -0.117. The van der Waals surface area contributed by atoms with Crippen molar-refractivity contribution in [1.29, 1.82) is 0 Å². The van der Waals surface area contributed by atoms with Crippen LogP contribution in [0.1, 0.15) is 47.7 Å². The first kappa shape index (κ1) is 25.3.